The maximum Gasteiger partial charge on any atom is 0.251 e. The van der Waals surface area contributed by atoms with E-state index in [4.69, 9.17) is 11.6 Å². The van der Waals surface area contributed by atoms with E-state index in [2.05, 4.69) is 0 Å². The van der Waals surface area contributed by atoms with Crippen LogP contribution in [0.25, 0.3) is 0 Å². The number of nitrogens with zero attached hydrogens (tertiary/aromatic N) is 1. The van der Waals surface area contributed by atoms with Crippen molar-refractivity contribution in [2.75, 3.05) is 0 Å². The minimum absolute atomic E-state index is 0.0592. The van der Waals surface area contributed by atoms with Crippen LogP contribution in [0, 0.1) is 0 Å². The van der Waals surface area contributed by atoms with Gasteiger partial charge < -0.3 is 4.90 Å². The smallest absolute Gasteiger partial charge is 0.251 e. The van der Waals surface area contributed by atoms with Crippen molar-refractivity contribution in [3.8, 4) is 0 Å². The van der Waals surface area contributed by atoms with Crippen LogP contribution in [-0.4, -0.2) is 10.8 Å². The molecule has 0 atom stereocenters. The van der Waals surface area contributed by atoms with Gasteiger partial charge in [-0.1, -0.05) is 41.9 Å². The number of fused-ring (bicyclic) bond motifs is 1. The van der Waals surface area contributed by atoms with Crippen molar-refractivity contribution in [3.05, 3.63) is 58.3 Å². The maximum atomic E-state index is 12.0. The predicted molar refractivity (Wildman–Crippen MR) is 71.8 cm³/mol. The summed E-state index contributed by atoms with van der Waals surface area (Å²) < 4.78 is 0. The van der Waals surface area contributed by atoms with Crippen LogP contribution < -0.4 is 0 Å². The molecule has 1 amide bonds. The van der Waals surface area contributed by atoms with E-state index >= 15 is 0 Å². The van der Waals surface area contributed by atoms with Gasteiger partial charge in [0.25, 0.3) is 5.91 Å². The SMILES string of the molecule is O=C1C=C2CCCC(Cl)=C2N1Cc1ccccc1. The molecule has 0 spiro atoms. The van der Waals surface area contributed by atoms with E-state index in [1.54, 1.807) is 11.0 Å². The number of carbonyl (C=O) groups excluding carboxylic acids is 1. The minimum atomic E-state index is 0.0592. The van der Waals surface area contributed by atoms with Crippen LogP contribution in [0.2, 0.25) is 0 Å². The van der Waals surface area contributed by atoms with Crippen molar-refractivity contribution in [1.29, 1.82) is 0 Å². The van der Waals surface area contributed by atoms with Crippen LogP contribution in [0.1, 0.15) is 24.8 Å². The van der Waals surface area contributed by atoms with Gasteiger partial charge in [-0.2, -0.15) is 0 Å². The summed E-state index contributed by atoms with van der Waals surface area (Å²) in [5.41, 5.74) is 3.19. The number of allylic oxidation sites excluding steroid dienone is 2. The largest absolute Gasteiger partial charge is 0.303 e. The van der Waals surface area contributed by atoms with E-state index in [1.807, 2.05) is 30.3 Å². The average Bonchev–Trinajstić information content (AvgIpc) is 2.69. The molecule has 1 aromatic rings. The van der Waals surface area contributed by atoms with E-state index in [-0.39, 0.29) is 5.91 Å². The Morgan fingerprint density at radius 3 is 2.72 bits per heavy atom. The minimum Gasteiger partial charge on any atom is -0.303 e. The van der Waals surface area contributed by atoms with Crippen LogP contribution >= 0.6 is 11.6 Å². The van der Waals surface area contributed by atoms with Gasteiger partial charge in [0.2, 0.25) is 0 Å². The van der Waals surface area contributed by atoms with Crippen molar-refractivity contribution >= 4 is 17.5 Å². The summed E-state index contributed by atoms with van der Waals surface area (Å²) in [6.45, 7) is 0.602. The summed E-state index contributed by atoms with van der Waals surface area (Å²) in [6.07, 6.45) is 4.62. The first-order chi connectivity index (χ1) is 8.75. The third kappa shape index (κ3) is 1.97. The highest BCUT2D eigenvalue weighted by Crippen LogP contribution is 2.38. The molecule has 0 radical (unpaired) electrons. The monoisotopic (exact) mass is 259 g/mol. The molecule has 1 aliphatic carbocycles. The van der Waals surface area contributed by atoms with Gasteiger partial charge in [0.1, 0.15) is 0 Å². The van der Waals surface area contributed by atoms with Crippen LogP contribution in [0.4, 0.5) is 0 Å². The lowest BCUT2D eigenvalue weighted by atomic mass is 9.99. The predicted octanol–water partition coefficient (Wildman–Crippen LogP) is 3.59. The van der Waals surface area contributed by atoms with Crippen molar-refractivity contribution in [2.45, 2.75) is 25.8 Å². The molecule has 0 saturated carbocycles. The van der Waals surface area contributed by atoms with E-state index in [0.29, 0.717) is 6.54 Å². The molecule has 1 aromatic carbocycles. The molecule has 3 rings (SSSR count). The van der Waals surface area contributed by atoms with E-state index in [1.165, 1.54) is 0 Å². The number of hydrogen-bond acceptors (Lipinski definition) is 1. The first kappa shape index (κ1) is 11.5. The van der Waals surface area contributed by atoms with Crippen LogP contribution in [0.3, 0.4) is 0 Å². The van der Waals surface area contributed by atoms with E-state index in [0.717, 1.165) is 41.1 Å². The molecule has 92 valence electrons. The zero-order valence-corrected chi connectivity index (χ0v) is 10.8. The number of hydrogen-bond donors (Lipinski definition) is 0. The number of benzene rings is 1. The van der Waals surface area contributed by atoms with Crippen LogP contribution in [0.5, 0.6) is 0 Å². The molecular formula is C15H14ClNO. The lowest BCUT2D eigenvalue weighted by Crippen LogP contribution is -2.25. The Morgan fingerprint density at radius 2 is 1.94 bits per heavy atom. The molecule has 0 unspecified atom stereocenters. The van der Waals surface area contributed by atoms with Gasteiger partial charge in [-0.25, -0.2) is 0 Å². The fourth-order valence-corrected chi connectivity index (χ4v) is 2.92. The highest BCUT2D eigenvalue weighted by Gasteiger charge is 2.31. The normalized spacial score (nSPS) is 19.1. The fraction of sp³-hybridized carbons (Fsp3) is 0.267. The van der Waals surface area contributed by atoms with Crippen LogP contribution in [0.15, 0.2) is 52.7 Å². The van der Waals surface area contributed by atoms with Gasteiger partial charge in [-0.05, 0) is 30.4 Å². The van der Waals surface area contributed by atoms with E-state index < -0.39 is 0 Å². The van der Waals surface area contributed by atoms with Gasteiger partial charge in [0.05, 0.1) is 12.2 Å². The summed E-state index contributed by atoms with van der Waals surface area (Å²) in [5, 5.41) is 0.828. The fourth-order valence-electron chi connectivity index (χ4n) is 2.57. The Labute approximate surface area is 112 Å². The summed E-state index contributed by atoms with van der Waals surface area (Å²) in [4.78, 5) is 13.8. The number of halogens is 1. The Hall–Kier alpha value is -1.54. The van der Waals surface area contributed by atoms with Crippen molar-refractivity contribution in [2.24, 2.45) is 0 Å². The maximum absolute atomic E-state index is 12.0. The third-order valence-electron chi connectivity index (χ3n) is 3.42. The standard InChI is InChI=1S/C15H14ClNO/c16-13-8-4-7-12-9-14(18)17(15(12)13)10-11-5-2-1-3-6-11/h1-3,5-6,9H,4,7-8,10H2. The van der Waals surface area contributed by atoms with Gasteiger partial charge in [0, 0.05) is 11.1 Å². The van der Waals surface area contributed by atoms with E-state index in [9.17, 15) is 4.79 Å². The summed E-state index contributed by atoms with van der Waals surface area (Å²) >= 11 is 6.29. The number of amides is 1. The molecule has 3 heteroatoms. The molecule has 18 heavy (non-hydrogen) atoms. The van der Waals surface area contributed by atoms with Crippen molar-refractivity contribution < 1.29 is 4.79 Å². The first-order valence-electron chi connectivity index (χ1n) is 6.21. The number of carbonyl (C=O) groups is 1. The summed E-state index contributed by atoms with van der Waals surface area (Å²) in [6, 6.07) is 10.0. The van der Waals surface area contributed by atoms with Crippen LogP contribution in [-0.2, 0) is 11.3 Å². The quantitative estimate of drug-likeness (QED) is 0.795. The second-order valence-electron chi connectivity index (χ2n) is 4.69. The third-order valence-corrected chi connectivity index (χ3v) is 3.79. The van der Waals surface area contributed by atoms with Crippen molar-refractivity contribution in [1.82, 2.24) is 4.90 Å². The molecule has 1 heterocycles. The summed E-state index contributed by atoms with van der Waals surface area (Å²) in [5.74, 6) is 0.0592. The Kier molecular flexibility index (Phi) is 2.96. The van der Waals surface area contributed by atoms with Gasteiger partial charge in [-0.3, -0.25) is 4.79 Å². The highest BCUT2D eigenvalue weighted by molar-refractivity contribution is 6.30. The second kappa shape index (κ2) is 4.62. The molecule has 2 nitrogen and oxygen atoms in total. The lowest BCUT2D eigenvalue weighted by molar-refractivity contribution is -0.123. The zero-order valence-electron chi connectivity index (χ0n) is 10.0. The molecule has 0 N–H and O–H groups in total. The Bertz CT molecular complexity index is 545. The lowest BCUT2D eigenvalue weighted by Gasteiger charge is -2.24. The average molecular weight is 260 g/mol. The molecular weight excluding hydrogens is 246 g/mol. The molecule has 0 aromatic heterocycles. The first-order valence-corrected chi connectivity index (χ1v) is 6.58. The Balaban J connectivity index is 1.91. The van der Waals surface area contributed by atoms with Gasteiger partial charge in [0.15, 0.2) is 0 Å². The Morgan fingerprint density at radius 1 is 1.17 bits per heavy atom. The summed E-state index contributed by atoms with van der Waals surface area (Å²) in [7, 11) is 0. The molecule has 0 bridgehead atoms. The molecule has 0 fully saturated rings. The van der Waals surface area contributed by atoms with Crippen molar-refractivity contribution in [3.63, 3.8) is 0 Å². The van der Waals surface area contributed by atoms with Gasteiger partial charge in [-0.15, -0.1) is 0 Å². The molecule has 1 aliphatic heterocycles. The molecule has 0 saturated heterocycles. The highest BCUT2D eigenvalue weighted by atomic mass is 35.5. The zero-order chi connectivity index (χ0) is 12.5. The topological polar surface area (TPSA) is 20.3 Å². The van der Waals surface area contributed by atoms with Gasteiger partial charge >= 0.3 is 0 Å². The number of rotatable bonds is 2. The molecule has 2 aliphatic rings. The second-order valence-corrected chi connectivity index (χ2v) is 5.14.